The summed E-state index contributed by atoms with van der Waals surface area (Å²) in [6.45, 7) is 5.31. The number of hydrogen-bond acceptors (Lipinski definition) is 2. The van der Waals surface area contributed by atoms with E-state index in [9.17, 15) is 0 Å². The molecule has 0 aliphatic rings. The molecule has 3 aromatic rings. The van der Waals surface area contributed by atoms with Gasteiger partial charge in [0.15, 0.2) is 0 Å². The Kier molecular flexibility index (Phi) is 3.91. The molecule has 0 bridgehead atoms. The molecule has 0 aliphatic carbocycles. The molecule has 1 N–H and O–H groups in total. The lowest BCUT2D eigenvalue weighted by atomic mass is 10.2. The van der Waals surface area contributed by atoms with E-state index in [0.717, 1.165) is 30.1 Å². The summed E-state index contributed by atoms with van der Waals surface area (Å²) in [6.07, 6.45) is 2.33. The SMILES string of the molecule is CCCCn1c(Nc2cccc(C)c2)nc2ccccc21. The van der Waals surface area contributed by atoms with E-state index < -0.39 is 0 Å². The number of aromatic nitrogens is 2. The van der Waals surface area contributed by atoms with Crippen LogP contribution in [0, 0.1) is 6.92 Å². The van der Waals surface area contributed by atoms with Gasteiger partial charge in [0.1, 0.15) is 0 Å². The van der Waals surface area contributed by atoms with Crippen LogP contribution < -0.4 is 5.32 Å². The minimum atomic E-state index is 0.926. The molecule has 3 heteroatoms. The number of imidazole rings is 1. The predicted molar refractivity (Wildman–Crippen MR) is 89.1 cm³/mol. The zero-order valence-corrected chi connectivity index (χ0v) is 12.6. The number of anilines is 2. The highest BCUT2D eigenvalue weighted by molar-refractivity contribution is 5.79. The van der Waals surface area contributed by atoms with Gasteiger partial charge in [-0.3, -0.25) is 0 Å². The number of aryl methyl sites for hydroxylation is 2. The number of nitrogens with zero attached hydrogens (tertiary/aromatic N) is 2. The topological polar surface area (TPSA) is 29.9 Å². The number of unbranched alkanes of at least 4 members (excludes halogenated alkanes) is 1. The minimum Gasteiger partial charge on any atom is -0.326 e. The van der Waals surface area contributed by atoms with Crippen molar-refractivity contribution < 1.29 is 0 Å². The summed E-state index contributed by atoms with van der Waals surface area (Å²) in [5.41, 5.74) is 4.57. The summed E-state index contributed by atoms with van der Waals surface area (Å²) in [4.78, 5) is 4.74. The van der Waals surface area contributed by atoms with Crippen LogP contribution in [0.5, 0.6) is 0 Å². The molecule has 0 aliphatic heterocycles. The molecule has 0 saturated heterocycles. The van der Waals surface area contributed by atoms with E-state index >= 15 is 0 Å². The fraction of sp³-hybridized carbons (Fsp3) is 0.278. The third-order valence-corrected chi connectivity index (χ3v) is 3.66. The smallest absolute Gasteiger partial charge is 0.208 e. The largest absolute Gasteiger partial charge is 0.326 e. The molecule has 0 fully saturated rings. The number of para-hydroxylation sites is 2. The highest BCUT2D eigenvalue weighted by atomic mass is 15.2. The van der Waals surface area contributed by atoms with Crippen molar-refractivity contribution in [2.75, 3.05) is 5.32 Å². The zero-order valence-electron chi connectivity index (χ0n) is 12.6. The molecule has 1 heterocycles. The number of benzene rings is 2. The summed E-state index contributed by atoms with van der Waals surface area (Å²) in [5, 5.41) is 3.46. The normalized spacial score (nSPS) is 11.0. The predicted octanol–water partition coefficient (Wildman–Crippen LogP) is 4.89. The van der Waals surface area contributed by atoms with Gasteiger partial charge in [-0.2, -0.15) is 0 Å². The number of fused-ring (bicyclic) bond motifs is 1. The molecule has 0 radical (unpaired) electrons. The lowest BCUT2D eigenvalue weighted by Crippen LogP contribution is -2.04. The standard InChI is InChI=1S/C18H21N3/c1-3-4-12-21-17-11-6-5-10-16(17)20-18(21)19-15-9-7-8-14(2)13-15/h5-11,13H,3-4,12H2,1-2H3,(H,19,20). The molecule has 2 aromatic carbocycles. The Bertz CT molecular complexity index is 743. The summed E-state index contributed by atoms with van der Waals surface area (Å²) >= 11 is 0. The Morgan fingerprint density at radius 1 is 1.10 bits per heavy atom. The van der Waals surface area contributed by atoms with Crippen molar-refractivity contribution in [2.45, 2.75) is 33.2 Å². The van der Waals surface area contributed by atoms with E-state index in [-0.39, 0.29) is 0 Å². The van der Waals surface area contributed by atoms with Crippen molar-refractivity contribution >= 4 is 22.7 Å². The van der Waals surface area contributed by atoms with E-state index in [0.29, 0.717) is 0 Å². The fourth-order valence-electron chi connectivity index (χ4n) is 2.57. The van der Waals surface area contributed by atoms with E-state index in [1.807, 2.05) is 6.07 Å². The summed E-state index contributed by atoms with van der Waals surface area (Å²) in [7, 11) is 0. The average Bonchev–Trinajstić information content (AvgIpc) is 2.82. The van der Waals surface area contributed by atoms with Gasteiger partial charge < -0.3 is 9.88 Å². The van der Waals surface area contributed by atoms with Crippen LogP contribution >= 0.6 is 0 Å². The third kappa shape index (κ3) is 2.92. The van der Waals surface area contributed by atoms with Crippen LogP contribution in [0.1, 0.15) is 25.3 Å². The molecule has 0 spiro atoms. The van der Waals surface area contributed by atoms with Crippen LogP contribution in [0.25, 0.3) is 11.0 Å². The second-order valence-electron chi connectivity index (χ2n) is 5.42. The van der Waals surface area contributed by atoms with Crippen molar-refractivity contribution in [1.29, 1.82) is 0 Å². The van der Waals surface area contributed by atoms with Gasteiger partial charge in [-0.25, -0.2) is 4.98 Å². The van der Waals surface area contributed by atoms with Crippen LogP contribution in [0.15, 0.2) is 48.5 Å². The van der Waals surface area contributed by atoms with Crippen molar-refractivity contribution in [3.63, 3.8) is 0 Å². The van der Waals surface area contributed by atoms with Crippen LogP contribution in [0.2, 0.25) is 0 Å². The van der Waals surface area contributed by atoms with Crippen LogP contribution in [-0.2, 0) is 6.54 Å². The van der Waals surface area contributed by atoms with Crippen LogP contribution in [-0.4, -0.2) is 9.55 Å². The highest BCUT2D eigenvalue weighted by Gasteiger charge is 2.10. The first-order chi connectivity index (χ1) is 10.3. The Hall–Kier alpha value is -2.29. The third-order valence-electron chi connectivity index (χ3n) is 3.66. The monoisotopic (exact) mass is 279 g/mol. The van der Waals surface area contributed by atoms with Gasteiger partial charge in [-0.15, -0.1) is 0 Å². The van der Waals surface area contributed by atoms with E-state index in [2.05, 4.69) is 66.2 Å². The van der Waals surface area contributed by atoms with Gasteiger partial charge in [0.25, 0.3) is 0 Å². The van der Waals surface area contributed by atoms with Gasteiger partial charge in [0.2, 0.25) is 5.95 Å². The van der Waals surface area contributed by atoms with E-state index in [4.69, 9.17) is 4.98 Å². The lowest BCUT2D eigenvalue weighted by Gasteiger charge is -2.10. The molecule has 1 aromatic heterocycles. The second-order valence-corrected chi connectivity index (χ2v) is 5.42. The van der Waals surface area contributed by atoms with E-state index in [1.54, 1.807) is 0 Å². The van der Waals surface area contributed by atoms with Gasteiger partial charge in [0.05, 0.1) is 11.0 Å². The first kappa shape index (κ1) is 13.7. The molecule has 0 atom stereocenters. The minimum absolute atomic E-state index is 0.926. The maximum atomic E-state index is 4.74. The molecule has 0 saturated carbocycles. The maximum absolute atomic E-state index is 4.74. The van der Waals surface area contributed by atoms with Gasteiger partial charge >= 0.3 is 0 Å². The lowest BCUT2D eigenvalue weighted by molar-refractivity contribution is 0.652. The molecule has 0 amide bonds. The van der Waals surface area contributed by atoms with Gasteiger partial charge in [0, 0.05) is 12.2 Å². The molecule has 3 rings (SSSR count). The molecule has 3 nitrogen and oxygen atoms in total. The molecular formula is C18H21N3. The zero-order chi connectivity index (χ0) is 14.7. The highest BCUT2D eigenvalue weighted by Crippen LogP contribution is 2.23. The van der Waals surface area contributed by atoms with E-state index in [1.165, 1.54) is 17.5 Å². The van der Waals surface area contributed by atoms with Gasteiger partial charge in [-0.1, -0.05) is 37.6 Å². The molecule has 0 unspecified atom stereocenters. The summed E-state index contributed by atoms with van der Waals surface area (Å²) < 4.78 is 2.28. The maximum Gasteiger partial charge on any atom is 0.208 e. The van der Waals surface area contributed by atoms with Crippen molar-refractivity contribution in [3.05, 3.63) is 54.1 Å². The fourth-order valence-corrected chi connectivity index (χ4v) is 2.57. The number of rotatable bonds is 5. The number of nitrogens with one attached hydrogen (secondary N) is 1. The Labute approximate surface area is 125 Å². The summed E-state index contributed by atoms with van der Waals surface area (Å²) in [6, 6.07) is 16.7. The Morgan fingerprint density at radius 2 is 1.95 bits per heavy atom. The van der Waals surface area contributed by atoms with Crippen LogP contribution in [0.4, 0.5) is 11.6 Å². The summed E-state index contributed by atoms with van der Waals surface area (Å²) in [5.74, 6) is 0.926. The second kappa shape index (κ2) is 6.00. The Balaban J connectivity index is 2.00. The quantitative estimate of drug-likeness (QED) is 0.720. The van der Waals surface area contributed by atoms with Crippen molar-refractivity contribution in [2.24, 2.45) is 0 Å². The van der Waals surface area contributed by atoms with Gasteiger partial charge in [-0.05, 0) is 43.2 Å². The van der Waals surface area contributed by atoms with Crippen LogP contribution in [0.3, 0.4) is 0 Å². The molecule has 21 heavy (non-hydrogen) atoms. The molecular weight excluding hydrogens is 258 g/mol. The van der Waals surface area contributed by atoms with Crippen molar-refractivity contribution in [3.8, 4) is 0 Å². The van der Waals surface area contributed by atoms with Crippen molar-refractivity contribution in [1.82, 2.24) is 9.55 Å². The first-order valence-electron chi connectivity index (χ1n) is 7.57. The average molecular weight is 279 g/mol. The molecule has 108 valence electrons. The Morgan fingerprint density at radius 3 is 2.76 bits per heavy atom. The first-order valence-corrected chi connectivity index (χ1v) is 7.57. The number of hydrogen-bond donors (Lipinski definition) is 1.